The monoisotopic (exact) mass is 1090 g/mol. The fourth-order valence-corrected chi connectivity index (χ4v) is 13.1. The molecule has 0 aliphatic rings. The summed E-state index contributed by atoms with van der Waals surface area (Å²) >= 11 is 0. The van der Waals surface area contributed by atoms with Gasteiger partial charge in [-0.1, -0.05) is 218 Å². The molecule has 16 rings (SSSR count). The molecule has 0 saturated heterocycles. The minimum Gasteiger partial charge on any atom is -0.311 e. The van der Waals surface area contributed by atoms with Crippen molar-refractivity contribution in [1.82, 2.24) is 0 Å². The molecule has 2 nitrogen and oxygen atoms in total. The molecule has 2 heteroatoms. The molecule has 0 amide bonds. The highest BCUT2D eigenvalue weighted by Crippen LogP contribution is 2.49. The lowest BCUT2D eigenvalue weighted by molar-refractivity contribution is 1.28. The van der Waals surface area contributed by atoms with Crippen LogP contribution in [0.2, 0.25) is 0 Å². The van der Waals surface area contributed by atoms with Crippen LogP contribution in [0.5, 0.6) is 0 Å². The Morgan fingerprint density at radius 3 is 0.779 bits per heavy atom. The van der Waals surface area contributed by atoms with Crippen molar-refractivity contribution >= 4 is 110 Å². The van der Waals surface area contributed by atoms with Crippen molar-refractivity contribution in [3.8, 4) is 45.9 Å². The van der Waals surface area contributed by atoms with E-state index in [1.165, 1.54) is 75.8 Å². The van der Waals surface area contributed by atoms with Gasteiger partial charge in [-0.15, -0.1) is 0 Å². The molecule has 86 heavy (non-hydrogen) atoms. The van der Waals surface area contributed by atoms with E-state index >= 15 is 0 Å². The maximum absolute atomic E-state index is 3.83. The topological polar surface area (TPSA) is 6.48 Å². The highest BCUT2D eigenvalue weighted by Gasteiger charge is 2.23. The molecule has 0 aromatic heterocycles. The van der Waals surface area contributed by atoms with E-state index in [4.69, 9.17) is 0 Å². The highest BCUT2D eigenvalue weighted by molar-refractivity contribution is 6.32. The van der Waals surface area contributed by atoms with Gasteiger partial charge in [0.2, 0.25) is 0 Å². The van der Waals surface area contributed by atoms with Crippen LogP contribution in [-0.4, -0.2) is 0 Å². The summed E-state index contributed by atoms with van der Waals surface area (Å²) in [7, 11) is 0. The predicted molar refractivity (Wildman–Crippen MR) is 365 cm³/mol. The van der Waals surface area contributed by atoms with Gasteiger partial charge in [-0.25, -0.2) is 0 Å². The van der Waals surface area contributed by atoms with Gasteiger partial charge in [0.05, 0.1) is 0 Å². The van der Waals surface area contributed by atoms with Crippen molar-refractivity contribution in [2.45, 2.75) is 0 Å². The van der Waals surface area contributed by atoms with Crippen LogP contribution in [-0.2, 0) is 0 Å². The van der Waals surface area contributed by atoms with Crippen LogP contribution in [0.25, 0.3) is 97.7 Å². The molecule has 0 fully saturated rings. The first kappa shape index (κ1) is 50.1. The van der Waals surface area contributed by atoms with E-state index in [9.17, 15) is 0 Å². The SMILES string of the molecule is C(#Cc1cc(-c2c3ccccc3cc3ccccc23)c2ccc3c(C#Cc4ccc(N(c5ccccc5)c5ccccc5)cc4)cc(-c4c5ccccc5cc5ccccc45)c4ccc1c2c34)c1ccc(N(c2ccccc2)c2ccccc2)cc1. The van der Waals surface area contributed by atoms with Gasteiger partial charge in [-0.05, 0) is 219 Å². The lowest BCUT2D eigenvalue weighted by atomic mass is 9.81. The highest BCUT2D eigenvalue weighted by atomic mass is 15.1. The van der Waals surface area contributed by atoms with Crippen LogP contribution >= 0.6 is 0 Å². The van der Waals surface area contributed by atoms with Gasteiger partial charge in [0.25, 0.3) is 0 Å². The Kier molecular flexibility index (Phi) is 12.4. The number of anilines is 6. The van der Waals surface area contributed by atoms with Gasteiger partial charge in [0, 0.05) is 56.4 Å². The van der Waals surface area contributed by atoms with Gasteiger partial charge >= 0.3 is 0 Å². The first-order valence-corrected chi connectivity index (χ1v) is 29.3. The van der Waals surface area contributed by atoms with Crippen molar-refractivity contribution < 1.29 is 0 Å². The van der Waals surface area contributed by atoms with Crippen LogP contribution in [0.1, 0.15) is 22.3 Å². The largest absolute Gasteiger partial charge is 0.311 e. The van der Waals surface area contributed by atoms with Crippen molar-refractivity contribution in [2.24, 2.45) is 0 Å². The predicted octanol–water partition coefficient (Wildman–Crippen LogP) is 22.3. The van der Waals surface area contributed by atoms with Gasteiger partial charge in [-0.3, -0.25) is 0 Å². The Morgan fingerprint density at radius 2 is 0.465 bits per heavy atom. The second-order valence-corrected chi connectivity index (χ2v) is 22.0. The van der Waals surface area contributed by atoms with Crippen LogP contribution in [0.15, 0.2) is 315 Å². The standard InChI is InChI=1S/C84H52N2/c1-5-25-65(26-6-1)85(66-27-7-2-8-28-66)69-45-39-57(40-46-69)37-43-63-55-79(81-71-33-17-13-21-59(71)53-60-22-14-18-34-72(60)81)77-52-50-76-64(44-38-58-41-47-70(48-42-58)86(67-29-9-3-10-30-67)68-31-11-4-12-32-68)56-80(78-51-49-75(63)83(77)84(76)78)82-73-35-19-15-23-61(73)54-62-24-16-20-36-74(62)82/h1-36,39-42,45-56H. The van der Waals surface area contributed by atoms with E-state index in [0.29, 0.717) is 0 Å². The third-order valence-corrected chi connectivity index (χ3v) is 17.0. The van der Waals surface area contributed by atoms with Crippen LogP contribution in [0, 0.1) is 23.7 Å². The maximum atomic E-state index is 3.83. The van der Waals surface area contributed by atoms with Crippen molar-refractivity contribution in [3.63, 3.8) is 0 Å². The molecule has 0 aliphatic carbocycles. The molecule has 0 radical (unpaired) electrons. The molecule has 0 atom stereocenters. The lowest BCUT2D eigenvalue weighted by Crippen LogP contribution is -2.09. The second kappa shape index (κ2) is 21.3. The summed E-state index contributed by atoms with van der Waals surface area (Å²) in [5, 5.41) is 16.5. The fraction of sp³-hybridized carbons (Fsp3) is 0. The maximum Gasteiger partial charge on any atom is 0.0462 e. The molecule has 398 valence electrons. The van der Waals surface area contributed by atoms with Crippen molar-refractivity contribution in [2.75, 3.05) is 9.80 Å². The zero-order valence-corrected chi connectivity index (χ0v) is 46.9. The molecular formula is C84H52N2. The Morgan fingerprint density at radius 1 is 0.198 bits per heavy atom. The molecule has 0 spiro atoms. The van der Waals surface area contributed by atoms with E-state index in [2.05, 4.69) is 349 Å². The zero-order chi connectivity index (χ0) is 56.9. The average Bonchev–Trinajstić information content (AvgIpc) is 1.66. The first-order chi connectivity index (χ1) is 42.7. The zero-order valence-electron chi connectivity index (χ0n) is 46.9. The summed E-state index contributed by atoms with van der Waals surface area (Å²) in [6.45, 7) is 0. The number of benzene rings is 16. The summed E-state index contributed by atoms with van der Waals surface area (Å²) in [6.07, 6.45) is 0. The average molecular weight is 1090 g/mol. The summed E-state index contributed by atoms with van der Waals surface area (Å²) in [6, 6.07) is 114. The summed E-state index contributed by atoms with van der Waals surface area (Å²) in [5.74, 6) is 15.0. The minimum atomic E-state index is 0.932. The van der Waals surface area contributed by atoms with Crippen LogP contribution < -0.4 is 9.80 Å². The summed E-state index contributed by atoms with van der Waals surface area (Å²) < 4.78 is 0. The molecule has 0 saturated carbocycles. The Hall–Kier alpha value is -11.7. The quantitative estimate of drug-likeness (QED) is 0.0850. The number of para-hydroxylation sites is 4. The normalized spacial score (nSPS) is 11.3. The summed E-state index contributed by atoms with van der Waals surface area (Å²) in [5.41, 5.74) is 15.0. The number of nitrogens with zero attached hydrogens (tertiary/aromatic N) is 2. The molecule has 0 aliphatic heterocycles. The fourth-order valence-electron chi connectivity index (χ4n) is 13.1. The van der Waals surface area contributed by atoms with Crippen molar-refractivity contribution in [1.29, 1.82) is 0 Å². The minimum absolute atomic E-state index is 0.932. The Labute approximate surface area is 500 Å². The van der Waals surface area contributed by atoms with E-state index in [1.54, 1.807) is 0 Å². The molecule has 0 N–H and O–H groups in total. The van der Waals surface area contributed by atoms with E-state index < -0.39 is 0 Å². The van der Waals surface area contributed by atoms with E-state index in [1.807, 2.05) is 0 Å². The third kappa shape index (κ3) is 8.81. The summed E-state index contributed by atoms with van der Waals surface area (Å²) in [4.78, 5) is 4.57. The third-order valence-electron chi connectivity index (χ3n) is 17.0. The van der Waals surface area contributed by atoms with E-state index in [0.717, 1.165) is 78.3 Å². The Bertz CT molecular complexity index is 4850. The molecule has 0 unspecified atom stereocenters. The number of hydrogen-bond donors (Lipinski definition) is 0. The molecular weight excluding hydrogens is 1040 g/mol. The van der Waals surface area contributed by atoms with Gasteiger partial charge < -0.3 is 9.80 Å². The molecule has 16 aromatic carbocycles. The number of fused-ring (bicyclic) bond motifs is 4. The van der Waals surface area contributed by atoms with Crippen LogP contribution in [0.3, 0.4) is 0 Å². The number of hydrogen-bond acceptors (Lipinski definition) is 2. The van der Waals surface area contributed by atoms with E-state index in [-0.39, 0.29) is 0 Å². The molecule has 0 heterocycles. The van der Waals surface area contributed by atoms with Gasteiger partial charge in [0.1, 0.15) is 0 Å². The van der Waals surface area contributed by atoms with Gasteiger partial charge in [0.15, 0.2) is 0 Å². The first-order valence-electron chi connectivity index (χ1n) is 29.3. The number of rotatable bonds is 8. The Balaban J connectivity index is 0.941. The lowest BCUT2D eigenvalue weighted by Gasteiger charge is -2.25. The van der Waals surface area contributed by atoms with Crippen LogP contribution in [0.4, 0.5) is 34.1 Å². The second-order valence-electron chi connectivity index (χ2n) is 22.0. The smallest absolute Gasteiger partial charge is 0.0462 e. The molecule has 0 bridgehead atoms. The van der Waals surface area contributed by atoms with Crippen molar-refractivity contribution in [3.05, 3.63) is 338 Å². The van der Waals surface area contributed by atoms with Gasteiger partial charge in [-0.2, -0.15) is 0 Å². The molecule has 16 aromatic rings.